The van der Waals surface area contributed by atoms with Crippen molar-refractivity contribution in [3.05, 3.63) is 0 Å². The Hall–Kier alpha value is 0.150. The molecule has 62 valence electrons. The Labute approximate surface area is 75.7 Å². The van der Waals surface area contributed by atoms with Crippen LogP contribution in [0.3, 0.4) is 0 Å². The first-order valence-electron chi connectivity index (χ1n) is 4.46. The van der Waals surface area contributed by atoms with Gasteiger partial charge in [-0.1, -0.05) is 22.4 Å². The highest BCUT2D eigenvalue weighted by molar-refractivity contribution is 9.09. The monoisotopic (exact) mass is 216 g/mol. The number of ketones is 1. The largest absolute Gasteiger partial charge is 0.299 e. The number of halogens is 1. The summed E-state index contributed by atoms with van der Waals surface area (Å²) in [7, 11) is 0. The first kappa shape index (κ1) is 7.78. The van der Waals surface area contributed by atoms with Crippen LogP contribution in [0, 0.1) is 11.8 Å². The zero-order valence-corrected chi connectivity index (χ0v) is 8.14. The maximum Gasteiger partial charge on any atom is 0.136 e. The molecule has 2 aliphatic carbocycles. The quantitative estimate of drug-likeness (QED) is 0.570. The fourth-order valence-electron chi connectivity index (χ4n) is 2.49. The maximum atomic E-state index is 11.3. The van der Waals surface area contributed by atoms with E-state index in [0.29, 0.717) is 22.4 Å². The maximum absolute atomic E-state index is 11.3. The molecular formula is C9H13BrO. The molecule has 2 saturated carbocycles. The lowest BCUT2D eigenvalue weighted by Gasteiger charge is -2.28. The Bertz CT molecular complexity index is 178. The van der Waals surface area contributed by atoms with E-state index in [1.54, 1.807) is 0 Å². The molecule has 0 spiro atoms. The van der Waals surface area contributed by atoms with Crippen LogP contribution < -0.4 is 0 Å². The average molecular weight is 217 g/mol. The van der Waals surface area contributed by atoms with Crippen molar-refractivity contribution in [2.24, 2.45) is 11.8 Å². The number of hydrogen-bond donors (Lipinski definition) is 0. The molecule has 2 heteroatoms. The molecule has 3 atom stereocenters. The molecule has 2 fully saturated rings. The van der Waals surface area contributed by atoms with Crippen LogP contribution >= 0.6 is 15.9 Å². The highest BCUT2D eigenvalue weighted by atomic mass is 79.9. The van der Waals surface area contributed by atoms with Crippen molar-refractivity contribution in [1.82, 2.24) is 0 Å². The van der Waals surface area contributed by atoms with Gasteiger partial charge in [0.1, 0.15) is 5.78 Å². The Morgan fingerprint density at radius 2 is 2.09 bits per heavy atom. The van der Waals surface area contributed by atoms with E-state index in [2.05, 4.69) is 15.9 Å². The highest BCUT2D eigenvalue weighted by Gasteiger charge is 2.40. The van der Waals surface area contributed by atoms with Crippen molar-refractivity contribution in [2.45, 2.75) is 36.9 Å². The molecule has 3 unspecified atom stereocenters. The van der Waals surface area contributed by atoms with E-state index in [-0.39, 0.29) is 0 Å². The SMILES string of the molecule is O=C1CCC2C(Br)CCCC12. The minimum atomic E-state index is 0.424. The van der Waals surface area contributed by atoms with Crippen LogP contribution in [0.15, 0.2) is 0 Å². The predicted octanol–water partition coefficient (Wildman–Crippen LogP) is 2.53. The zero-order chi connectivity index (χ0) is 7.84. The average Bonchev–Trinajstić information content (AvgIpc) is 2.35. The molecule has 0 aromatic rings. The molecule has 0 aliphatic heterocycles. The molecule has 0 aromatic carbocycles. The molecular weight excluding hydrogens is 204 g/mol. The van der Waals surface area contributed by atoms with Crippen LogP contribution in [0.1, 0.15) is 32.1 Å². The minimum absolute atomic E-state index is 0.424. The molecule has 0 amide bonds. The van der Waals surface area contributed by atoms with E-state index in [1.165, 1.54) is 12.8 Å². The van der Waals surface area contributed by atoms with E-state index in [9.17, 15) is 4.79 Å². The standard InChI is InChI=1S/C9H13BrO/c10-8-3-1-2-7-6(8)4-5-9(7)11/h6-8H,1-5H2. The number of Topliss-reactive ketones (excluding diaryl/α,β-unsaturated/α-hetero) is 1. The third-order valence-electron chi connectivity index (χ3n) is 3.11. The van der Waals surface area contributed by atoms with Crippen LogP contribution in [-0.2, 0) is 4.79 Å². The molecule has 0 radical (unpaired) electrons. The Morgan fingerprint density at radius 1 is 1.27 bits per heavy atom. The van der Waals surface area contributed by atoms with Gasteiger partial charge in [0.25, 0.3) is 0 Å². The van der Waals surface area contributed by atoms with Gasteiger partial charge in [0.2, 0.25) is 0 Å². The number of hydrogen-bond acceptors (Lipinski definition) is 1. The Balaban J connectivity index is 2.12. The second-order valence-electron chi connectivity index (χ2n) is 3.72. The second-order valence-corrected chi connectivity index (χ2v) is 4.90. The van der Waals surface area contributed by atoms with Gasteiger partial charge in [-0.2, -0.15) is 0 Å². The first-order chi connectivity index (χ1) is 5.29. The number of carbonyl (C=O) groups excluding carboxylic acids is 1. The van der Waals surface area contributed by atoms with Gasteiger partial charge >= 0.3 is 0 Å². The van der Waals surface area contributed by atoms with E-state index < -0.39 is 0 Å². The summed E-state index contributed by atoms with van der Waals surface area (Å²) in [6, 6.07) is 0. The van der Waals surface area contributed by atoms with Gasteiger partial charge in [0.05, 0.1) is 0 Å². The normalized spacial score (nSPS) is 44.1. The summed E-state index contributed by atoms with van der Waals surface area (Å²) in [5.74, 6) is 1.63. The van der Waals surface area contributed by atoms with Crippen molar-refractivity contribution in [3.63, 3.8) is 0 Å². The van der Waals surface area contributed by atoms with Crippen LogP contribution in [0.5, 0.6) is 0 Å². The van der Waals surface area contributed by atoms with E-state index in [4.69, 9.17) is 0 Å². The lowest BCUT2D eigenvalue weighted by molar-refractivity contribution is -0.121. The highest BCUT2D eigenvalue weighted by Crippen LogP contribution is 2.42. The lowest BCUT2D eigenvalue weighted by Crippen LogP contribution is -2.27. The van der Waals surface area contributed by atoms with Gasteiger partial charge in [-0.3, -0.25) is 4.79 Å². The van der Waals surface area contributed by atoms with Crippen molar-refractivity contribution in [1.29, 1.82) is 0 Å². The van der Waals surface area contributed by atoms with Crippen molar-refractivity contribution in [2.75, 3.05) is 0 Å². The van der Waals surface area contributed by atoms with E-state index in [1.807, 2.05) is 0 Å². The van der Waals surface area contributed by atoms with Gasteiger partial charge in [-0.05, 0) is 25.2 Å². The number of carbonyl (C=O) groups is 1. The molecule has 0 bridgehead atoms. The third-order valence-corrected chi connectivity index (χ3v) is 4.25. The molecule has 0 aromatic heterocycles. The van der Waals surface area contributed by atoms with Gasteiger partial charge in [-0.15, -0.1) is 0 Å². The number of rotatable bonds is 0. The summed E-state index contributed by atoms with van der Waals surface area (Å²) in [5.41, 5.74) is 0. The smallest absolute Gasteiger partial charge is 0.136 e. The van der Waals surface area contributed by atoms with Crippen LogP contribution in [0.25, 0.3) is 0 Å². The van der Waals surface area contributed by atoms with Crippen molar-refractivity contribution >= 4 is 21.7 Å². The molecule has 2 aliphatic rings. The van der Waals surface area contributed by atoms with Crippen molar-refractivity contribution in [3.8, 4) is 0 Å². The van der Waals surface area contributed by atoms with Gasteiger partial charge in [0, 0.05) is 17.2 Å². The second kappa shape index (κ2) is 2.89. The van der Waals surface area contributed by atoms with Crippen molar-refractivity contribution < 1.29 is 4.79 Å². The predicted molar refractivity (Wildman–Crippen MR) is 47.8 cm³/mol. The van der Waals surface area contributed by atoms with Gasteiger partial charge < -0.3 is 0 Å². The van der Waals surface area contributed by atoms with Crippen LogP contribution in [-0.4, -0.2) is 10.6 Å². The Kier molecular flexibility index (Phi) is 2.04. The number of fused-ring (bicyclic) bond motifs is 1. The summed E-state index contributed by atoms with van der Waals surface area (Å²) in [6.45, 7) is 0. The molecule has 1 nitrogen and oxygen atoms in total. The molecule has 0 saturated heterocycles. The van der Waals surface area contributed by atoms with Gasteiger partial charge in [0.15, 0.2) is 0 Å². The molecule has 0 heterocycles. The van der Waals surface area contributed by atoms with Gasteiger partial charge in [-0.25, -0.2) is 0 Å². The summed E-state index contributed by atoms with van der Waals surface area (Å²) >= 11 is 3.67. The molecule has 11 heavy (non-hydrogen) atoms. The lowest BCUT2D eigenvalue weighted by atomic mass is 9.81. The first-order valence-corrected chi connectivity index (χ1v) is 5.37. The zero-order valence-electron chi connectivity index (χ0n) is 6.55. The fourth-order valence-corrected chi connectivity index (χ4v) is 3.45. The number of alkyl halides is 1. The molecule has 2 rings (SSSR count). The summed E-state index contributed by atoms with van der Waals surface area (Å²) in [4.78, 5) is 12.0. The van der Waals surface area contributed by atoms with E-state index >= 15 is 0 Å². The van der Waals surface area contributed by atoms with E-state index in [0.717, 1.165) is 19.3 Å². The summed E-state index contributed by atoms with van der Waals surface area (Å²) < 4.78 is 0. The fraction of sp³-hybridized carbons (Fsp3) is 0.889. The third kappa shape index (κ3) is 1.26. The minimum Gasteiger partial charge on any atom is -0.299 e. The van der Waals surface area contributed by atoms with Crippen LogP contribution in [0.4, 0.5) is 0 Å². The van der Waals surface area contributed by atoms with Crippen LogP contribution in [0.2, 0.25) is 0 Å². The molecule has 0 N–H and O–H groups in total. The summed E-state index contributed by atoms with van der Waals surface area (Å²) in [6.07, 6.45) is 5.65. The summed E-state index contributed by atoms with van der Waals surface area (Å²) in [5, 5.41) is 0. The topological polar surface area (TPSA) is 17.1 Å². The Morgan fingerprint density at radius 3 is 2.82 bits per heavy atom.